The van der Waals surface area contributed by atoms with Gasteiger partial charge in [0, 0.05) is 20.2 Å². The van der Waals surface area contributed by atoms with Gasteiger partial charge < -0.3 is 13.7 Å². The molecule has 0 aliphatic rings. The minimum Gasteiger partial charge on any atom is -0.458 e. The van der Waals surface area contributed by atoms with E-state index in [9.17, 15) is 0 Å². The Bertz CT molecular complexity index is 529. The molecule has 0 N–H and O–H groups in total. The fourth-order valence-corrected chi connectivity index (χ4v) is 1.72. The first kappa shape index (κ1) is 9.73. The maximum Gasteiger partial charge on any atom is 0.197 e. The number of halogens is 1. The van der Waals surface area contributed by atoms with Gasteiger partial charge >= 0.3 is 0 Å². The van der Waals surface area contributed by atoms with Crippen molar-refractivity contribution in [2.45, 2.75) is 0 Å². The number of furan rings is 1. The Labute approximate surface area is 94.4 Å². The monoisotopic (exact) mass is 273 g/mol. The lowest BCUT2D eigenvalue weighted by molar-refractivity contribution is 0.578. The van der Waals surface area contributed by atoms with Crippen molar-refractivity contribution in [3.63, 3.8) is 0 Å². The molecule has 2 aromatic heterocycles. The summed E-state index contributed by atoms with van der Waals surface area (Å²) in [6.45, 7) is 0. The second-order valence-corrected chi connectivity index (χ2v) is 4.38. The summed E-state index contributed by atoms with van der Waals surface area (Å²) in [5, 5.41) is 0. The van der Waals surface area contributed by atoms with Crippen LogP contribution in [0.1, 0.15) is 0 Å². The fourth-order valence-electron chi connectivity index (χ4n) is 1.12. The van der Waals surface area contributed by atoms with Gasteiger partial charge in [-0.05, 0) is 15.9 Å². The summed E-state index contributed by atoms with van der Waals surface area (Å²) in [6, 6.07) is 1.77. The number of hydrogen-bond acceptors (Lipinski definition) is 4. The molecular weight excluding hydrogens is 266 g/mol. The predicted molar refractivity (Wildman–Crippen MR) is 61.3 cm³/mol. The number of fused-ring (bicyclic) bond motifs is 1. The summed E-state index contributed by atoms with van der Waals surface area (Å²) in [7, 11) is 3.79. The van der Waals surface area contributed by atoms with Crippen LogP contribution in [0.15, 0.2) is 25.6 Å². The topological polar surface area (TPSA) is 29.5 Å². The SMILES string of the molecule is CN(C)c1cc(=S)c2occ(Br)c2o1. The molecule has 0 spiro atoms. The zero-order valence-electron chi connectivity index (χ0n) is 7.70. The van der Waals surface area contributed by atoms with Gasteiger partial charge in [0.2, 0.25) is 0 Å². The minimum absolute atomic E-state index is 0.609. The van der Waals surface area contributed by atoms with E-state index in [0.29, 0.717) is 21.6 Å². The van der Waals surface area contributed by atoms with Crippen molar-refractivity contribution in [1.82, 2.24) is 0 Å². The van der Waals surface area contributed by atoms with Gasteiger partial charge in [0.15, 0.2) is 17.1 Å². The van der Waals surface area contributed by atoms with E-state index < -0.39 is 0 Å². The average molecular weight is 274 g/mol. The Hall–Kier alpha value is -0.810. The van der Waals surface area contributed by atoms with E-state index in [2.05, 4.69) is 15.9 Å². The normalized spacial score (nSPS) is 10.8. The van der Waals surface area contributed by atoms with Crippen LogP contribution >= 0.6 is 28.1 Å². The molecule has 0 amide bonds. The van der Waals surface area contributed by atoms with E-state index in [1.54, 1.807) is 12.3 Å². The Morgan fingerprint density at radius 3 is 2.71 bits per heavy atom. The van der Waals surface area contributed by atoms with Crippen LogP contribution in [0.3, 0.4) is 0 Å². The molecule has 0 aromatic carbocycles. The summed E-state index contributed by atoms with van der Waals surface area (Å²) in [5.41, 5.74) is 1.26. The zero-order chi connectivity index (χ0) is 10.3. The van der Waals surface area contributed by atoms with Gasteiger partial charge in [0.1, 0.15) is 6.26 Å². The van der Waals surface area contributed by atoms with Crippen LogP contribution in [-0.4, -0.2) is 14.1 Å². The van der Waals surface area contributed by atoms with E-state index in [-0.39, 0.29) is 0 Å². The lowest BCUT2D eigenvalue weighted by Gasteiger charge is -2.09. The summed E-state index contributed by atoms with van der Waals surface area (Å²) in [4.78, 5) is 1.86. The molecule has 0 unspecified atom stereocenters. The number of hydrogen-bond donors (Lipinski definition) is 0. The number of nitrogens with zero attached hydrogens (tertiary/aromatic N) is 1. The van der Waals surface area contributed by atoms with E-state index in [1.165, 1.54) is 0 Å². The van der Waals surface area contributed by atoms with Gasteiger partial charge in [0.05, 0.1) is 8.98 Å². The lowest BCUT2D eigenvalue weighted by Crippen LogP contribution is -2.08. The van der Waals surface area contributed by atoms with Gasteiger partial charge in [-0.3, -0.25) is 0 Å². The maximum atomic E-state index is 5.59. The van der Waals surface area contributed by atoms with E-state index >= 15 is 0 Å². The van der Waals surface area contributed by atoms with Gasteiger partial charge in [-0.15, -0.1) is 0 Å². The Morgan fingerprint density at radius 2 is 2.07 bits per heavy atom. The highest BCUT2D eigenvalue weighted by atomic mass is 79.9. The van der Waals surface area contributed by atoms with Crippen LogP contribution in [0, 0.1) is 4.51 Å². The summed E-state index contributed by atoms with van der Waals surface area (Å²) >= 11 is 8.50. The molecule has 14 heavy (non-hydrogen) atoms. The molecule has 0 saturated heterocycles. The molecule has 0 aliphatic carbocycles. The first-order chi connectivity index (χ1) is 6.59. The van der Waals surface area contributed by atoms with Crippen molar-refractivity contribution in [1.29, 1.82) is 0 Å². The molecule has 74 valence electrons. The second-order valence-electron chi connectivity index (χ2n) is 3.09. The van der Waals surface area contributed by atoms with Crippen molar-refractivity contribution < 1.29 is 8.83 Å². The molecule has 2 heterocycles. The van der Waals surface area contributed by atoms with E-state index in [4.69, 9.17) is 21.1 Å². The third kappa shape index (κ3) is 1.46. The van der Waals surface area contributed by atoms with Gasteiger partial charge in [0.25, 0.3) is 0 Å². The second kappa shape index (κ2) is 3.40. The van der Waals surface area contributed by atoms with Gasteiger partial charge in [-0.1, -0.05) is 12.2 Å². The molecular formula is C9H8BrNO2S. The summed E-state index contributed by atoms with van der Waals surface area (Å²) < 4.78 is 12.3. The molecule has 5 heteroatoms. The zero-order valence-corrected chi connectivity index (χ0v) is 10.1. The summed E-state index contributed by atoms with van der Waals surface area (Å²) in [6.07, 6.45) is 1.57. The standard InChI is InChI=1S/C9H8BrNO2S/c1-11(2)7-3-6(14)9-8(13-7)5(10)4-12-9/h3-4H,1-2H3. The Kier molecular flexibility index (Phi) is 2.36. The molecule has 2 aromatic rings. The van der Waals surface area contributed by atoms with Crippen LogP contribution in [0.4, 0.5) is 5.88 Å². The largest absolute Gasteiger partial charge is 0.458 e. The minimum atomic E-state index is 0.609. The fraction of sp³-hybridized carbons (Fsp3) is 0.222. The molecule has 0 bridgehead atoms. The van der Waals surface area contributed by atoms with E-state index in [1.807, 2.05) is 19.0 Å². The Balaban J connectivity index is 2.82. The first-order valence-electron chi connectivity index (χ1n) is 3.98. The van der Waals surface area contributed by atoms with Crippen LogP contribution in [-0.2, 0) is 0 Å². The average Bonchev–Trinajstić information content (AvgIpc) is 2.48. The quantitative estimate of drug-likeness (QED) is 0.743. The highest BCUT2D eigenvalue weighted by molar-refractivity contribution is 9.10. The van der Waals surface area contributed by atoms with Crippen LogP contribution in [0.25, 0.3) is 11.2 Å². The van der Waals surface area contributed by atoms with Crippen LogP contribution in [0.5, 0.6) is 0 Å². The number of anilines is 1. The smallest absolute Gasteiger partial charge is 0.197 e. The molecule has 2 rings (SSSR count). The number of rotatable bonds is 1. The van der Waals surface area contributed by atoms with Crippen LogP contribution < -0.4 is 4.90 Å². The van der Waals surface area contributed by atoms with Crippen molar-refractivity contribution in [3.8, 4) is 0 Å². The third-order valence-electron chi connectivity index (χ3n) is 1.83. The predicted octanol–water partition coefficient (Wildman–Crippen LogP) is 3.58. The highest BCUT2D eigenvalue weighted by Gasteiger charge is 2.10. The van der Waals surface area contributed by atoms with E-state index in [0.717, 1.165) is 4.47 Å². The maximum absolute atomic E-state index is 5.59. The first-order valence-corrected chi connectivity index (χ1v) is 5.18. The molecule has 0 fully saturated rings. The van der Waals surface area contributed by atoms with Gasteiger partial charge in [-0.25, -0.2) is 0 Å². The molecule has 3 nitrogen and oxygen atoms in total. The lowest BCUT2D eigenvalue weighted by atomic mass is 10.4. The van der Waals surface area contributed by atoms with Crippen molar-refractivity contribution in [3.05, 3.63) is 21.3 Å². The van der Waals surface area contributed by atoms with Crippen LogP contribution in [0.2, 0.25) is 0 Å². The van der Waals surface area contributed by atoms with Crippen molar-refractivity contribution in [2.75, 3.05) is 19.0 Å². The highest BCUT2D eigenvalue weighted by Crippen LogP contribution is 2.30. The molecule has 0 saturated carbocycles. The van der Waals surface area contributed by atoms with Crippen molar-refractivity contribution in [2.24, 2.45) is 0 Å². The summed E-state index contributed by atoms with van der Waals surface area (Å²) in [5.74, 6) is 0.713. The van der Waals surface area contributed by atoms with Crippen molar-refractivity contribution >= 4 is 45.2 Å². The molecule has 0 radical (unpaired) electrons. The Morgan fingerprint density at radius 1 is 1.36 bits per heavy atom. The van der Waals surface area contributed by atoms with Gasteiger partial charge in [-0.2, -0.15) is 0 Å². The third-order valence-corrected chi connectivity index (χ3v) is 2.68. The molecule has 0 aliphatic heterocycles. The molecule has 0 atom stereocenters.